The molecule has 0 radical (unpaired) electrons. The number of hydrogen-bond acceptors (Lipinski definition) is 6. The van der Waals surface area contributed by atoms with E-state index in [0.29, 0.717) is 10.0 Å². The zero-order chi connectivity index (χ0) is 20.8. The molecule has 4 rings (SSSR count). The first-order chi connectivity index (χ1) is 13.9. The molecule has 0 saturated carbocycles. The zero-order valence-corrected chi connectivity index (χ0v) is 17.1. The average molecular weight is 457 g/mol. The molecular formula is C22H17BrO6. The van der Waals surface area contributed by atoms with Crippen LogP contribution < -0.4 is 0 Å². The Morgan fingerprint density at radius 1 is 1.14 bits per heavy atom. The van der Waals surface area contributed by atoms with E-state index in [4.69, 9.17) is 9.47 Å². The molecule has 0 amide bonds. The normalized spacial score (nSPS) is 23.2. The van der Waals surface area contributed by atoms with Crippen LogP contribution in [0.2, 0.25) is 0 Å². The number of carbonyl (C=O) groups excluding carboxylic acids is 3. The SMILES string of the molecule is CCOC(=O)C1(O)C[C@H](c2ccccc2Br)C2=C(O1)C(=O)c1ccccc1C2=O. The number of esters is 1. The summed E-state index contributed by atoms with van der Waals surface area (Å²) < 4.78 is 11.1. The zero-order valence-electron chi connectivity index (χ0n) is 15.5. The summed E-state index contributed by atoms with van der Waals surface area (Å²) in [6.07, 6.45) is -0.255. The fourth-order valence-corrected chi connectivity index (χ4v) is 4.33. The molecule has 2 aliphatic rings. The molecule has 0 spiro atoms. The van der Waals surface area contributed by atoms with Crippen molar-refractivity contribution in [2.75, 3.05) is 6.61 Å². The fraction of sp³-hybridized carbons (Fsp3) is 0.227. The summed E-state index contributed by atoms with van der Waals surface area (Å²) in [5.41, 5.74) is 1.25. The van der Waals surface area contributed by atoms with Crippen molar-refractivity contribution >= 4 is 33.5 Å². The van der Waals surface area contributed by atoms with Gasteiger partial charge in [0, 0.05) is 27.9 Å². The summed E-state index contributed by atoms with van der Waals surface area (Å²) in [6, 6.07) is 13.6. The Hall–Kier alpha value is -2.77. The van der Waals surface area contributed by atoms with Gasteiger partial charge in [-0.3, -0.25) is 9.59 Å². The molecule has 0 aromatic heterocycles. The van der Waals surface area contributed by atoms with Crippen LogP contribution in [-0.4, -0.2) is 35.0 Å². The van der Waals surface area contributed by atoms with E-state index in [9.17, 15) is 19.5 Å². The number of ketones is 2. The lowest BCUT2D eigenvalue weighted by atomic mass is 9.75. The summed E-state index contributed by atoms with van der Waals surface area (Å²) in [4.78, 5) is 38.9. The minimum absolute atomic E-state index is 0.0335. The highest BCUT2D eigenvalue weighted by molar-refractivity contribution is 9.10. The molecule has 1 unspecified atom stereocenters. The molecule has 1 heterocycles. The fourth-order valence-electron chi connectivity index (χ4n) is 3.77. The van der Waals surface area contributed by atoms with Crippen molar-refractivity contribution < 1.29 is 29.0 Å². The van der Waals surface area contributed by atoms with Crippen molar-refractivity contribution in [3.63, 3.8) is 0 Å². The number of Topliss-reactive ketones (excluding diaryl/α,β-unsaturated/α-hetero) is 2. The van der Waals surface area contributed by atoms with Gasteiger partial charge in [0.2, 0.25) is 5.78 Å². The van der Waals surface area contributed by atoms with Crippen molar-refractivity contribution in [1.29, 1.82) is 0 Å². The number of fused-ring (bicyclic) bond motifs is 1. The van der Waals surface area contributed by atoms with E-state index in [1.807, 2.05) is 6.07 Å². The predicted octanol–water partition coefficient (Wildman–Crippen LogP) is 3.54. The molecule has 148 valence electrons. The molecule has 1 N–H and O–H groups in total. The molecule has 0 bridgehead atoms. The highest BCUT2D eigenvalue weighted by Crippen LogP contribution is 2.47. The van der Waals surface area contributed by atoms with Gasteiger partial charge >= 0.3 is 11.8 Å². The Morgan fingerprint density at radius 2 is 1.76 bits per heavy atom. The smallest absolute Gasteiger partial charge is 0.379 e. The number of hydrogen-bond donors (Lipinski definition) is 1. The Morgan fingerprint density at radius 3 is 2.41 bits per heavy atom. The number of benzene rings is 2. The van der Waals surface area contributed by atoms with Gasteiger partial charge in [0.1, 0.15) is 0 Å². The van der Waals surface area contributed by atoms with Crippen LogP contribution in [0.5, 0.6) is 0 Å². The quantitative estimate of drug-likeness (QED) is 0.710. The monoisotopic (exact) mass is 456 g/mol. The minimum atomic E-state index is -2.38. The van der Waals surface area contributed by atoms with Crippen molar-refractivity contribution in [2.24, 2.45) is 0 Å². The second-order valence-electron chi connectivity index (χ2n) is 6.83. The molecule has 6 nitrogen and oxygen atoms in total. The maximum absolute atomic E-state index is 13.3. The Balaban J connectivity index is 1.93. The Kier molecular flexibility index (Phi) is 4.88. The molecule has 2 aromatic carbocycles. The third-order valence-electron chi connectivity index (χ3n) is 5.09. The second kappa shape index (κ2) is 7.24. The molecule has 2 atom stereocenters. The van der Waals surface area contributed by atoms with Gasteiger partial charge < -0.3 is 14.6 Å². The molecule has 2 aromatic rings. The second-order valence-corrected chi connectivity index (χ2v) is 7.69. The molecule has 29 heavy (non-hydrogen) atoms. The highest BCUT2D eigenvalue weighted by Gasteiger charge is 2.53. The largest absolute Gasteiger partial charge is 0.461 e. The molecule has 1 aliphatic carbocycles. The lowest BCUT2D eigenvalue weighted by Gasteiger charge is -2.39. The van der Waals surface area contributed by atoms with Crippen molar-refractivity contribution in [2.45, 2.75) is 25.0 Å². The molecule has 0 fully saturated rings. The third-order valence-corrected chi connectivity index (χ3v) is 5.81. The first kappa shape index (κ1) is 19.5. The highest BCUT2D eigenvalue weighted by atomic mass is 79.9. The predicted molar refractivity (Wildman–Crippen MR) is 106 cm³/mol. The summed E-state index contributed by atoms with van der Waals surface area (Å²) >= 11 is 3.46. The van der Waals surface area contributed by atoms with Crippen molar-refractivity contribution in [3.8, 4) is 0 Å². The van der Waals surface area contributed by atoms with Gasteiger partial charge in [0.15, 0.2) is 11.5 Å². The maximum atomic E-state index is 13.3. The van der Waals surface area contributed by atoms with Crippen LogP contribution in [-0.2, 0) is 14.3 Å². The molecule has 0 saturated heterocycles. The van der Waals surface area contributed by atoms with Crippen LogP contribution >= 0.6 is 15.9 Å². The first-order valence-electron chi connectivity index (χ1n) is 9.13. The van der Waals surface area contributed by atoms with E-state index in [-0.39, 0.29) is 41.3 Å². The molecule has 7 heteroatoms. The summed E-state index contributed by atoms with van der Waals surface area (Å²) in [5, 5.41) is 11.0. The molecule has 1 aliphatic heterocycles. The number of halogens is 1. The minimum Gasteiger partial charge on any atom is -0.461 e. The van der Waals surface area contributed by atoms with Gasteiger partial charge in [0.05, 0.1) is 12.2 Å². The number of rotatable bonds is 3. The van der Waals surface area contributed by atoms with E-state index in [0.717, 1.165) is 0 Å². The number of ether oxygens (including phenoxy) is 2. The first-order valence-corrected chi connectivity index (χ1v) is 9.92. The standard InChI is InChI=1S/C22H17BrO6/c1-2-28-21(26)22(27)11-15(12-7-5-6-10-16(12)23)17-18(24)13-8-3-4-9-14(13)19(25)20(17)29-22/h3-10,15,27H,2,11H2,1H3/t15-,22?/m1/s1. The van der Waals surface area contributed by atoms with Gasteiger partial charge in [-0.05, 0) is 18.6 Å². The van der Waals surface area contributed by atoms with Crippen LogP contribution in [0.15, 0.2) is 64.3 Å². The topological polar surface area (TPSA) is 89.9 Å². The lowest BCUT2D eigenvalue weighted by molar-refractivity contribution is -0.220. The van der Waals surface area contributed by atoms with Gasteiger partial charge in [-0.1, -0.05) is 58.4 Å². The van der Waals surface area contributed by atoms with Gasteiger partial charge in [-0.2, -0.15) is 0 Å². The van der Waals surface area contributed by atoms with E-state index in [1.165, 1.54) is 6.07 Å². The maximum Gasteiger partial charge on any atom is 0.379 e. The summed E-state index contributed by atoms with van der Waals surface area (Å²) in [7, 11) is 0. The van der Waals surface area contributed by atoms with Crippen molar-refractivity contribution in [3.05, 3.63) is 81.0 Å². The van der Waals surface area contributed by atoms with Gasteiger partial charge in [0.25, 0.3) is 0 Å². The van der Waals surface area contributed by atoms with E-state index < -0.39 is 23.5 Å². The Bertz CT molecular complexity index is 1070. The van der Waals surface area contributed by atoms with Crippen LogP contribution in [0.25, 0.3) is 0 Å². The van der Waals surface area contributed by atoms with Crippen molar-refractivity contribution in [1.82, 2.24) is 0 Å². The van der Waals surface area contributed by atoms with Crippen LogP contribution in [0.4, 0.5) is 0 Å². The van der Waals surface area contributed by atoms with Crippen LogP contribution in [0.1, 0.15) is 45.5 Å². The van der Waals surface area contributed by atoms with E-state index >= 15 is 0 Å². The third kappa shape index (κ3) is 3.10. The Labute approximate surface area is 175 Å². The summed E-state index contributed by atoms with van der Waals surface area (Å²) in [6.45, 7) is 1.64. The van der Waals surface area contributed by atoms with E-state index in [2.05, 4.69) is 15.9 Å². The van der Waals surface area contributed by atoms with Crippen LogP contribution in [0, 0.1) is 0 Å². The number of carbonyl (C=O) groups is 3. The summed E-state index contributed by atoms with van der Waals surface area (Å²) in [5.74, 6) is -5.33. The number of allylic oxidation sites excluding steroid dienone is 2. The lowest BCUT2D eigenvalue weighted by Crippen LogP contribution is -2.49. The van der Waals surface area contributed by atoms with Gasteiger partial charge in [-0.25, -0.2) is 4.79 Å². The van der Waals surface area contributed by atoms with E-state index in [1.54, 1.807) is 43.3 Å². The van der Waals surface area contributed by atoms with Crippen LogP contribution in [0.3, 0.4) is 0 Å². The number of aliphatic hydroxyl groups is 1. The molecular weight excluding hydrogens is 440 g/mol. The average Bonchev–Trinajstić information content (AvgIpc) is 2.72. The van der Waals surface area contributed by atoms with Gasteiger partial charge in [-0.15, -0.1) is 0 Å².